The van der Waals surface area contributed by atoms with E-state index in [1.54, 1.807) is 14.2 Å². The number of nitrogens with one attached hydrogen (secondary N) is 2. The van der Waals surface area contributed by atoms with E-state index in [0.29, 0.717) is 39.1 Å². The molecule has 0 rings (SSSR count). The van der Waals surface area contributed by atoms with Gasteiger partial charge < -0.3 is 20.1 Å². The maximum Gasteiger partial charge on any atom is 0.222 e. The predicted octanol–water partition coefficient (Wildman–Crippen LogP) is -0.708. The molecule has 6 heteroatoms. The van der Waals surface area contributed by atoms with Crippen LogP contribution in [-0.4, -0.2) is 52.3 Å². The van der Waals surface area contributed by atoms with Crippen LogP contribution in [0, 0.1) is 0 Å². The molecule has 94 valence electrons. The molecule has 16 heavy (non-hydrogen) atoms. The van der Waals surface area contributed by atoms with Gasteiger partial charge in [0, 0.05) is 40.2 Å². The lowest BCUT2D eigenvalue weighted by atomic mass is 10.4. The van der Waals surface area contributed by atoms with Crippen molar-refractivity contribution < 1.29 is 19.1 Å². The summed E-state index contributed by atoms with van der Waals surface area (Å²) in [6.45, 7) is 1.68. The zero-order valence-corrected chi connectivity index (χ0v) is 9.88. The normalized spacial score (nSPS) is 9.88. The molecule has 2 N–H and O–H groups in total. The molecule has 0 bridgehead atoms. The Morgan fingerprint density at radius 3 is 1.56 bits per heavy atom. The van der Waals surface area contributed by atoms with Crippen molar-refractivity contribution in [3.8, 4) is 0 Å². The Balaban J connectivity index is 3.31. The van der Waals surface area contributed by atoms with Crippen molar-refractivity contribution in [2.24, 2.45) is 0 Å². The third-order valence-electron chi connectivity index (χ3n) is 1.84. The summed E-state index contributed by atoms with van der Waals surface area (Å²) in [5.41, 5.74) is 0. The number of ether oxygens (including phenoxy) is 2. The summed E-state index contributed by atoms with van der Waals surface area (Å²) >= 11 is 0. The van der Waals surface area contributed by atoms with Gasteiger partial charge in [-0.3, -0.25) is 9.59 Å². The Morgan fingerprint density at radius 1 is 0.875 bits per heavy atom. The van der Waals surface area contributed by atoms with E-state index in [0.717, 1.165) is 0 Å². The highest BCUT2D eigenvalue weighted by atomic mass is 16.5. The van der Waals surface area contributed by atoms with Crippen LogP contribution in [0.2, 0.25) is 0 Å². The van der Waals surface area contributed by atoms with Gasteiger partial charge >= 0.3 is 0 Å². The zero-order valence-electron chi connectivity index (χ0n) is 9.88. The van der Waals surface area contributed by atoms with Gasteiger partial charge in [0.1, 0.15) is 0 Å². The van der Waals surface area contributed by atoms with Crippen LogP contribution in [0.5, 0.6) is 0 Å². The summed E-state index contributed by atoms with van der Waals surface area (Å²) in [7, 11) is 3.09. The standard InChI is InChI=1S/C10H20N2O4/c1-15-7-3-9(13)11-5-6-12-10(14)4-8-16-2/h3-8H2,1-2H3,(H,11,13)(H,12,14). The predicted molar refractivity (Wildman–Crippen MR) is 59.0 cm³/mol. The first-order valence-corrected chi connectivity index (χ1v) is 5.22. The molecule has 0 atom stereocenters. The summed E-state index contributed by atoms with van der Waals surface area (Å²) in [4.78, 5) is 22.2. The van der Waals surface area contributed by atoms with Gasteiger partial charge in [0.05, 0.1) is 13.2 Å². The minimum Gasteiger partial charge on any atom is -0.384 e. The van der Waals surface area contributed by atoms with Crippen LogP contribution in [0.4, 0.5) is 0 Å². The first kappa shape index (κ1) is 14.9. The largest absolute Gasteiger partial charge is 0.384 e. The summed E-state index contributed by atoms with van der Waals surface area (Å²) in [6, 6.07) is 0. The monoisotopic (exact) mass is 232 g/mol. The molecule has 0 heterocycles. The first-order valence-electron chi connectivity index (χ1n) is 5.22. The molecular formula is C10H20N2O4. The molecule has 0 saturated heterocycles. The fourth-order valence-electron chi connectivity index (χ4n) is 0.970. The van der Waals surface area contributed by atoms with Crippen LogP contribution < -0.4 is 10.6 Å². The third-order valence-corrected chi connectivity index (χ3v) is 1.84. The summed E-state index contributed by atoms with van der Waals surface area (Å²) in [6.07, 6.45) is 0.683. The van der Waals surface area contributed by atoms with Crippen LogP contribution in [-0.2, 0) is 19.1 Å². The van der Waals surface area contributed by atoms with Crippen molar-refractivity contribution in [2.45, 2.75) is 12.8 Å². The van der Waals surface area contributed by atoms with Gasteiger partial charge in [0.2, 0.25) is 11.8 Å². The molecule has 0 aliphatic rings. The lowest BCUT2D eigenvalue weighted by Crippen LogP contribution is -2.35. The van der Waals surface area contributed by atoms with E-state index < -0.39 is 0 Å². The number of amides is 2. The molecule has 0 radical (unpaired) electrons. The first-order chi connectivity index (χ1) is 7.70. The second kappa shape index (κ2) is 10.4. The maximum absolute atomic E-state index is 11.1. The highest BCUT2D eigenvalue weighted by Gasteiger charge is 2.01. The van der Waals surface area contributed by atoms with Gasteiger partial charge in [-0.15, -0.1) is 0 Å². The molecule has 0 unspecified atom stereocenters. The Bertz CT molecular complexity index is 187. The van der Waals surface area contributed by atoms with E-state index in [1.165, 1.54) is 0 Å². The van der Waals surface area contributed by atoms with Crippen LogP contribution >= 0.6 is 0 Å². The van der Waals surface area contributed by atoms with E-state index in [9.17, 15) is 9.59 Å². The lowest BCUT2D eigenvalue weighted by Gasteiger charge is -2.06. The number of hydrogen-bond acceptors (Lipinski definition) is 4. The Hall–Kier alpha value is -1.14. The Kier molecular flexibility index (Phi) is 9.64. The fourth-order valence-corrected chi connectivity index (χ4v) is 0.970. The number of carbonyl (C=O) groups is 2. The highest BCUT2D eigenvalue weighted by molar-refractivity contribution is 5.77. The minimum atomic E-state index is -0.0759. The molecule has 0 aliphatic carbocycles. The molecule has 0 aliphatic heterocycles. The Labute approximate surface area is 95.7 Å². The Morgan fingerprint density at radius 2 is 1.25 bits per heavy atom. The fraction of sp³-hybridized carbons (Fsp3) is 0.800. The van der Waals surface area contributed by atoms with Crippen LogP contribution in [0.15, 0.2) is 0 Å². The SMILES string of the molecule is COCCC(=O)NCCNC(=O)CCOC. The minimum absolute atomic E-state index is 0.0759. The second-order valence-electron chi connectivity index (χ2n) is 3.19. The van der Waals surface area contributed by atoms with Gasteiger partial charge in [-0.1, -0.05) is 0 Å². The van der Waals surface area contributed by atoms with Crippen LogP contribution in [0.25, 0.3) is 0 Å². The van der Waals surface area contributed by atoms with Gasteiger partial charge in [-0.2, -0.15) is 0 Å². The smallest absolute Gasteiger partial charge is 0.222 e. The van der Waals surface area contributed by atoms with Crippen molar-refractivity contribution in [2.75, 3.05) is 40.5 Å². The lowest BCUT2D eigenvalue weighted by molar-refractivity contribution is -0.123. The van der Waals surface area contributed by atoms with Gasteiger partial charge in [0.15, 0.2) is 0 Å². The number of rotatable bonds is 9. The zero-order chi connectivity index (χ0) is 12.2. The van der Waals surface area contributed by atoms with E-state index >= 15 is 0 Å². The van der Waals surface area contributed by atoms with Gasteiger partial charge in [-0.05, 0) is 0 Å². The highest BCUT2D eigenvalue weighted by Crippen LogP contribution is 1.81. The van der Waals surface area contributed by atoms with Crippen molar-refractivity contribution >= 4 is 11.8 Å². The number of hydrogen-bond donors (Lipinski definition) is 2. The molecule has 0 fully saturated rings. The van der Waals surface area contributed by atoms with Gasteiger partial charge in [-0.25, -0.2) is 0 Å². The van der Waals surface area contributed by atoms with Gasteiger partial charge in [0.25, 0.3) is 0 Å². The molecule has 0 aromatic rings. The van der Waals surface area contributed by atoms with Crippen molar-refractivity contribution in [3.63, 3.8) is 0 Å². The van der Waals surface area contributed by atoms with Crippen LogP contribution in [0.1, 0.15) is 12.8 Å². The average molecular weight is 232 g/mol. The summed E-state index contributed by atoms with van der Waals surface area (Å²) in [5.74, 6) is -0.152. The molecule has 6 nitrogen and oxygen atoms in total. The molecule has 0 aromatic carbocycles. The van der Waals surface area contributed by atoms with E-state index in [-0.39, 0.29) is 11.8 Å². The van der Waals surface area contributed by atoms with Crippen LogP contribution in [0.3, 0.4) is 0 Å². The molecular weight excluding hydrogens is 212 g/mol. The molecule has 0 spiro atoms. The van der Waals surface area contributed by atoms with Crippen molar-refractivity contribution in [3.05, 3.63) is 0 Å². The molecule has 0 aromatic heterocycles. The van der Waals surface area contributed by atoms with E-state index in [1.807, 2.05) is 0 Å². The number of methoxy groups -OCH3 is 2. The maximum atomic E-state index is 11.1. The topological polar surface area (TPSA) is 76.7 Å². The molecule has 0 saturated carbocycles. The summed E-state index contributed by atoms with van der Waals surface area (Å²) < 4.78 is 9.51. The third kappa shape index (κ3) is 9.42. The van der Waals surface area contributed by atoms with E-state index in [2.05, 4.69) is 10.6 Å². The average Bonchev–Trinajstić information content (AvgIpc) is 2.29. The molecule has 2 amide bonds. The van der Waals surface area contributed by atoms with E-state index in [4.69, 9.17) is 9.47 Å². The van der Waals surface area contributed by atoms with Crippen molar-refractivity contribution in [1.29, 1.82) is 0 Å². The number of carbonyl (C=O) groups excluding carboxylic acids is 2. The summed E-state index contributed by atoms with van der Waals surface area (Å²) in [5, 5.41) is 5.33. The quantitative estimate of drug-likeness (QED) is 0.515. The van der Waals surface area contributed by atoms with Crippen molar-refractivity contribution in [1.82, 2.24) is 10.6 Å². The second-order valence-corrected chi connectivity index (χ2v) is 3.19.